The normalized spacial score (nSPS) is 19.1. The Morgan fingerprint density at radius 3 is 2.30 bits per heavy atom. The van der Waals surface area contributed by atoms with Crippen molar-refractivity contribution in [2.75, 3.05) is 19.7 Å². The maximum absolute atomic E-state index is 12.5. The highest BCUT2D eigenvalue weighted by molar-refractivity contribution is 5.80. The minimum atomic E-state index is -0.839. The number of ether oxygens (including phenoxy) is 1. The first-order valence-corrected chi connectivity index (χ1v) is 11.6. The lowest BCUT2D eigenvalue weighted by Gasteiger charge is -2.25. The molecule has 4 rings (SSSR count). The van der Waals surface area contributed by atoms with E-state index in [9.17, 15) is 19.5 Å². The maximum Gasteiger partial charge on any atom is 0.407 e. The smallest absolute Gasteiger partial charge is 0.407 e. The summed E-state index contributed by atoms with van der Waals surface area (Å²) in [5.41, 5.74) is 4.68. The van der Waals surface area contributed by atoms with Crippen molar-refractivity contribution in [1.29, 1.82) is 0 Å². The van der Waals surface area contributed by atoms with Crippen LogP contribution in [0.15, 0.2) is 48.5 Å². The summed E-state index contributed by atoms with van der Waals surface area (Å²) in [6.07, 6.45) is 1.38. The van der Waals surface area contributed by atoms with Crippen molar-refractivity contribution in [3.8, 4) is 11.1 Å². The summed E-state index contributed by atoms with van der Waals surface area (Å²) in [6, 6.07) is 16.1. The lowest BCUT2D eigenvalue weighted by molar-refractivity contribution is -0.143. The van der Waals surface area contributed by atoms with Gasteiger partial charge in [0.15, 0.2) is 0 Å². The molecule has 1 fully saturated rings. The van der Waals surface area contributed by atoms with Gasteiger partial charge in [0, 0.05) is 31.5 Å². The summed E-state index contributed by atoms with van der Waals surface area (Å²) in [5.74, 6) is -1.38. The highest BCUT2D eigenvalue weighted by Crippen LogP contribution is 2.44. The standard InChI is InChI=1S/C26H30N2O5/c1-2-23-21(25(30)31)13-15-28(23)24(29)12-7-14-27-26(32)33-16-22-19-10-5-3-8-17(19)18-9-4-6-11-20(18)22/h3-6,8-11,21-23H,2,7,12-16H2,1H3,(H,27,32)(H,30,31). The molecule has 174 valence electrons. The van der Waals surface area contributed by atoms with Crippen molar-refractivity contribution in [2.45, 2.75) is 44.6 Å². The number of nitrogens with zero attached hydrogens (tertiary/aromatic N) is 1. The van der Waals surface area contributed by atoms with E-state index < -0.39 is 18.0 Å². The molecule has 2 aromatic carbocycles. The van der Waals surface area contributed by atoms with Crippen molar-refractivity contribution in [3.63, 3.8) is 0 Å². The molecule has 0 spiro atoms. The monoisotopic (exact) mass is 450 g/mol. The molecule has 0 saturated carbocycles. The first-order chi connectivity index (χ1) is 16.0. The van der Waals surface area contributed by atoms with Crippen LogP contribution >= 0.6 is 0 Å². The third-order valence-corrected chi connectivity index (χ3v) is 6.78. The third kappa shape index (κ3) is 4.72. The molecule has 1 saturated heterocycles. The van der Waals surface area contributed by atoms with Gasteiger partial charge in [-0.2, -0.15) is 0 Å². The summed E-state index contributed by atoms with van der Waals surface area (Å²) in [6.45, 7) is 2.97. The van der Waals surface area contributed by atoms with E-state index in [1.54, 1.807) is 4.90 Å². The Balaban J connectivity index is 1.23. The van der Waals surface area contributed by atoms with Gasteiger partial charge in [0.2, 0.25) is 5.91 Å². The van der Waals surface area contributed by atoms with Crippen LogP contribution in [0, 0.1) is 5.92 Å². The molecular formula is C26H30N2O5. The van der Waals surface area contributed by atoms with Crippen LogP contribution in [0.3, 0.4) is 0 Å². The molecule has 0 bridgehead atoms. The predicted molar refractivity (Wildman–Crippen MR) is 124 cm³/mol. The van der Waals surface area contributed by atoms with Gasteiger partial charge in [-0.1, -0.05) is 55.5 Å². The van der Waals surface area contributed by atoms with Crippen molar-refractivity contribution in [1.82, 2.24) is 10.2 Å². The minimum absolute atomic E-state index is 0.00746. The Hall–Kier alpha value is -3.35. The van der Waals surface area contributed by atoms with Crippen LogP contribution < -0.4 is 5.32 Å². The molecular weight excluding hydrogens is 420 g/mol. The average molecular weight is 451 g/mol. The van der Waals surface area contributed by atoms with E-state index in [1.807, 2.05) is 31.2 Å². The minimum Gasteiger partial charge on any atom is -0.481 e. The number of carboxylic acids is 1. The molecule has 2 atom stereocenters. The zero-order valence-corrected chi connectivity index (χ0v) is 18.8. The fourth-order valence-electron chi connectivity index (χ4n) is 5.18. The molecule has 2 unspecified atom stereocenters. The second kappa shape index (κ2) is 10.1. The van der Waals surface area contributed by atoms with Crippen molar-refractivity contribution < 1.29 is 24.2 Å². The molecule has 7 heteroatoms. The van der Waals surface area contributed by atoms with E-state index in [-0.39, 0.29) is 30.9 Å². The maximum atomic E-state index is 12.5. The number of nitrogens with one attached hydrogen (secondary N) is 1. The predicted octanol–water partition coefficient (Wildman–Crippen LogP) is 4.02. The fraction of sp³-hybridized carbons (Fsp3) is 0.423. The molecule has 1 heterocycles. The molecule has 1 aliphatic heterocycles. The van der Waals surface area contributed by atoms with Crippen LogP contribution in [0.4, 0.5) is 4.79 Å². The van der Waals surface area contributed by atoms with Gasteiger partial charge in [0.1, 0.15) is 6.61 Å². The van der Waals surface area contributed by atoms with Gasteiger partial charge in [-0.15, -0.1) is 0 Å². The molecule has 7 nitrogen and oxygen atoms in total. The van der Waals surface area contributed by atoms with Gasteiger partial charge in [-0.3, -0.25) is 9.59 Å². The Kier molecular flexibility index (Phi) is 6.96. The lowest BCUT2D eigenvalue weighted by atomic mass is 9.98. The van der Waals surface area contributed by atoms with Crippen molar-refractivity contribution in [3.05, 3.63) is 59.7 Å². The number of carbonyl (C=O) groups is 3. The van der Waals surface area contributed by atoms with Gasteiger partial charge >= 0.3 is 12.1 Å². The molecule has 0 aromatic heterocycles. The second-order valence-corrected chi connectivity index (χ2v) is 8.65. The highest BCUT2D eigenvalue weighted by Gasteiger charge is 2.39. The van der Waals surface area contributed by atoms with Gasteiger partial charge in [0.05, 0.1) is 5.92 Å². The fourth-order valence-corrected chi connectivity index (χ4v) is 5.18. The number of hydrogen-bond donors (Lipinski definition) is 2. The molecule has 33 heavy (non-hydrogen) atoms. The van der Waals surface area contributed by atoms with E-state index in [4.69, 9.17) is 4.74 Å². The molecule has 2 aliphatic rings. The van der Waals surface area contributed by atoms with Crippen LogP contribution in [-0.2, 0) is 14.3 Å². The summed E-state index contributed by atoms with van der Waals surface area (Å²) in [7, 11) is 0. The molecule has 0 radical (unpaired) electrons. The van der Waals surface area contributed by atoms with Crippen LogP contribution in [0.25, 0.3) is 11.1 Å². The summed E-state index contributed by atoms with van der Waals surface area (Å²) < 4.78 is 5.51. The zero-order chi connectivity index (χ0) is 23.4. The van der Waals surface area contributed by atoms with Gasteiger partial charge in [-0.05, 0) is 41.5 Å². The quantitative estimate of drug-likeness (QED) is 0.593. The first-order valence-electron chi connectivity index (χ1n) is 11.6. The number of carboxylic acid groups (broad SMARTS) is 1. The number of fused-ring (bicyclic) bond motifs is 3. The Morgan fingerprint density at radius 1 is 1.06 bits per heavy atom. The van der Waals surface area contributed by atoms with E-state index in [0.717, 1.165) is 11.1 Å². The zero-order valence-electron chi connectivity index (χ0n) is 18.8. The number of benzene rings is 2. The molecule has 2 aromatic rings. The number of likely N-dealkylation sites (tertiary alicyclic amines) is 1. The Morgan fingerprint density at radius 2 is 1.70 bits per heavy atom. The Bertz CT molecular complexity index is 991. The van der Waals surface area contributed by atoms with Crippen LogP contribution in [0.5, 0.6) is 0 Å². The number of alkyl carbamates (subject to hydrolysis) is 1. The van der Waals surface area contributed by atoms with E-state index in [1.165, 1.54) is 11.1 Å². The second-order valence-electron chi connectivity index (χ2n) is 8.65. The number of aliphatic carboxylic acids is 1. The van der Waals surface area contributed by atoms with Gasteiger partial charge < -0.3 is 20.1 Å². The number of rotatable bonds is 8. The van der Waals surface area contributed by atoms with Gasteiger partial charge in [-0.25, -0.2) is 4.79 Å². The van der Waals surface area contributed by atoms with E-state index in [2.05, 4.69) is 29.6 Å². The van der Waals surface area contributed by atoms with E-state index >= 15 is 0 Å². The molecule has 1 aliphatic carbocycles. The first kappa shape index (κ1) is 22.8. The Labute approximate surface area is 193 Å². The molecule has 2 N–H and O–H groups in total. The van der Waals surface area contributed by atoms with Crippen LogP contribution in [-0.4, -0.2) is 53.7 Å². The lowest BCUT2D eigenvalue weighted by Crippen LogP contribution is -2.39. The van der Waals surface area contributed by atoms with Crippen molar-refractivity contribution in [2.24, 2.45) is 5.92 Å². The van der Waals surface area contributed by atoms with Crippen LogP contribution in [0.1, 0.15) is 49.7 Å². The van der Waals surface area contributed by atoms with Crippen LogP contribution in [0.2, 0.25) is 0 Å². The van der Waals surface area contributed by atoms with E-state index in [0.29, 0.717) is 32.4 Å². The average Bonchev–Trinajstić information content (AvgIpc) is 3.40. The topological polar surface area (TPSA) is 95.9 Å². The summed E-state index contributed by atoms with van der Waals surface area (Å²) in [5, 5.41) is 12.1. The van der Waals surface area contributed by atoms with Crippen molar-refractivity contribution >= 4 is 18.0 Å². The number of amides is 2. The summed E-state index contributed by atoms with van der Waals surface area (Å²) in [4.78, 5) is 37.9. The third-order valence-electron chi connectivity index (χ3n) is 6.78. The highest BCUT2D eigenvalue weighted by atomic mass is 16.5. The number of carbonyl (C=O) groups excluding carboxylic acids is 2. The molecule has 2 amide bonds. The summed E-state index contributed by atoms with van der Waals surface area (Å²) >= 11 is 0. The largest absolute Gasteiger partial charge is 0.481 e. The SMILES string of the molecule is CCC1C(C(=O)O)CCN1C(=O)CCCNC(=O)OCC1c2ccccc2-c2ccccc21. The number of hydrogen-bond acceptors (Lipinski definition) is 4. The van der Waals surface area contributed by atoms with Gasteiger partial charge in [0.25, 0.3) is 0 Å².